The van der Waals surface area contributed by atoms with Crippen LogP contribution < -0.4 is 0 Å². The summed E-state index contributed by atoms with van der Waals surface area (Å²) >= 11 is 0. The first-order valence-corrected chi connectivity index (χ1v) is 5.44. The van der Waals surface area contributed by atoms with Crippen LogP contribution in [0.1, 0.15) is 46.9 Å². The molecule has 2 nitrogen and oxygen atoms in total. The molecule has 1 aliphatic rings. The van der Waals surface area contributed by atoms with E-state index in [9.17, 15) is 14.0 Å². The molecule has 0 heterocycles. The van der Waals surface area contributed by atoms with E-state index in [1.165, 1.54) is 25.1 Å². The zero-order chi connectivity index (χ0) is 11.7. The number of carbonyl (C=O) groups is 2. The predicted molar refractivity (Wildman–Crippen MR) is 58.1 cm³/mol. The Labute approximate surface area is 93.5 Å². The summed E-state index contributed by atoms with van der Waals surface area (Å²) in [6.45, 7) is 1.39. The van der Waals surface area contributed by atoms with E-state index < -0.39 is 5.82 Å². The van der Waals surface area contributed by atoms with E-state index in [0.29, 0.717) is 5.56 Å². The fourth-order valence-electron chi connectivity index (χ4n) is 1.92. The molecular weight excluding hydrogens is 207 g/mol. The molecule has 0 aliphatic heterocycles. The quantitative estimate of drug-likeness (QED) is 0.734. The van der Waals surface area contributed by atoms with E-state index in [-0.39, 0.29) is 23.0 Å². The van der Waals surface area contributed by atoms with Crippen molar-refractivity contribution in [1.29, 1.82) is 0 Å². The first kappa shape index (κ1) is 11.0. The van der Waals surface area contributed by atoms with Gasteiger partial charge >= 0.3 is 0 Å². The Morgan fingerprint density at radius 2 is 1.94 bits per heavy atom. The second-order valence-electron chi connectivity index (χ2n) is 4.24. The van der Waals surface area contributed by atoms with Gasteiger partial charge < -0.3 is 0 Å². The van der Waals surface area contributed by atoms with Gasteiger partial charge in [0.1, 0.15) is 5.82 Å². The van der Waals surface area contributed by atoms with Crippen LogP contribution in [0, 0.1) is 11.7 Å². The monoisotopic (exact) mass is 220 g/mol. The Morgan fingerprint density at radius 1 is 1.25 bits per heavy atom. The van der Waals surface area contributed by atoms with Crippen LogP contribution in [0.4, 0.5) is 4.39 Å². The van der Waals surface area contributed by atoms with Crippen LogP contribution in [0.2, 0.25) is 0 Å². The van der Waals surface area contributed by atoms with Gasteiger partial charge in [-0.3, -0.25) is 9.59 Å². The molecule has 1 fully saturated rings. The third-order valence-corrected chi connectivity index (χ3v) is 3.10. The van der Waals surface area contributed by atoms with E-state index in [2.05, 4.69) is 0 Å². The predicted octanol–water partition coefficient (Wildman–Crippen LogP) is 3.01. The summed E-state index contributed by atoms with van der Waals surface area (Å²) < 4.78 is 13.1. The van der Waals surface area contributed by atoms with Gasteiger partial charge in [0.15, 0.2) is 11.6 Å². The maximum absolute atomic E-state index is 13.1. The normalized spacial score (nSPS) is 15.6. The Hall–Kier alpha value is -1.51. The molecule has 1 aromatic carbocycles. The molecule has 2 rings (SSSR count). The highest BCUT2D eigenvalue weighted by Gasteiger charge is 2.28. The lowest BCUT2D eigenvalue weighted by atomic mass is 9.79. The molecule has 3 heteroatoms. The van der Waals surface area contributed by atoms with Crippen molar-refractivity contribution < 1.29 is 14.0 Å². The molecular formula is C13H13FO2. The number of rotatable bonds is 3. The lowest BCUT2D eigenvalue weighted by Gasteiger charge is -2.24. The van der Waals surface area contributed by atoms with Crippen molar-refractivity contribution in [1.82, 2.24) is 0 Å². The zero-order valence-electron chi connectivity index (χ0n) is 9.13. The summed E-state index contributed by atoms with van der Waals surface area (Å²) in [6.07, 6.45) is 2.75. The highest BCUT2D eigenvalue weighted by molar-refractivity contribution is 6.09. The van der Waals surface area contributed by atoms with Crippen molar-refractivity contribution in [2.45, 2.75) is 26.2 Å². The molecule has 0 saturated heterocycles. The van der Waals surface area contributed by atoms with E-state index in [0.717, 1.165) is 19.3 Å². The second kappa shape index (κ2) is 4.16. The molecule has 0 spiro atoms. The van der Waals surface area contributed by atoms with Crippen molar-refractivity contribution in [2.24, 2.45) is 5.92 Å². The number of halogens is 1. The Morgan fingerprint density at radius 3 is 2.44 bits per heavy atom. The molecule has 0 radical (unpaired) electrons. The van der Waals surface area contributed by atoms with Gasteiger partial charge in [-0.05, 0) is 38.0 Å². The minimum absolute atomic E-state index is 0.0140. The standard InChI is InChI=1S/C13H13FO2/c1-8(15)11-6-5-10(14)7-12(11)13(16)9-3-2-4-9/h5-7,9H,2-4H2,1H3. The summed E-state index contributed by atoms with van der Waals surface area (Å²) in [7, 11) is 0. The molecule has 1 saturated carbocycles. The molecule has 0 aromatic heterocycles. The number of ketones is 2. The van der Waals surface area contributed by atoms with Gasteiger partial charge in [-0.1, -0.05) is 6.42 Å². The fourth-order valence-corrected chi connectivity index (χ4v) is 1.92. The number of Topliss-reactive ketones (excluding diaryl/α,β-unsaturated/α-hetero) is 2. The molecule has 0 N–H and O–H groups in total. The van der Waals surface area contributed by atoms with Crippen LogP contribution in [-0.2, 0) is 0 Å². The maximum Gasteiger partial charge on any atom is 0.166 e. The van der Waals surface area contributed by atoms with E-state index in [1.54, 1.807) is 0 Å². The summed E-state index contributed by atoms with van der Waals surface area (Å²) in [4.78, 5) is 23.3. The van der Waals surface area contributed by atoms with Crippen LogP contribution in [-0.4, -0.2) is 11.6 Å². The van der Waals surface area contributed by atoms with Crippen molar-refractivity contribution in [3.63, 3.8) is 0 Å². The highest BCUT2D eigenvalue weighted by Crippen LogP contribution is 2.31. The van der Waals surface area contributed by atoms with E-state index in [1.807, 2.05) is 0 Å². The van der Waals surface area contributed by atoms with Gasteiger partial charge in [0.05, 0.1) is 0 Å². The van der Waals surface area contributed by atoms with Crippen molar-refractivity contribution in [3.8, 4) is 0 Å². The minimum atomic E-state index is -0.465. The largest absolute Gasteiger partial charge is 0.294 e. The molecule has 16 heavy (non-hydrogen) atoms. The number of carbonyl (C=O) groups excluding carboxylic acids is 2. The topological polar surface area (TPSA) is 34.1 Å². The van der Waals surface area contributed by atoms with Crippen LogP contribution in [0.15, 0.2) is 18.2 Å². The van der Waals surface area contributed by atoms with Crippen LogP contribution in [0.25, 0.3) is 0 Å². The SMILES string of the molecule is CC(=O)c1ccc(F)cc1C(=O)C1CCC1. The molecule has 0 atom stereocenters. The highest BCUT2D eigenvalue weighted by atomic mass is 19.1. The fraction of sp³-hybridized carbons (Fsp3) is 0.385. The molecule has 84 valence electrons. The first-order valence-electron chi connectivity index (χ1n) is 5.44. The lowest BCUT2D eigenvalue weighted by Crippen LogP contribution is -2.23. The summed E-state index contributed by atoms with van der Waals surface area (Å²) in [5.41, 5.74) is 0.579. The van der Waals surface area contributed by atoms with Crippen LogP contribution >= 0.6 is 0 Å². The van der Waals surface area contributed by atoms with Crippen LogP contribution in [0.3, 0.4) is 0 Å². The van der Waals surface area contributed by atoms with Crippen molar-refractivity contribution >= 4 is 11.6 Å². The van der Waals surface area contributed by atoms with Gasteiger partial charge in [0.2, 0.25) is 0 Å². The molecule has 0 unspecified atom stereocenters. The Kier molecular flexibility index (Phi) is 2.86. The Balaban J connectivity index is 2.40. The van der Waals surface area contributed by atoms with Gasteiger partial charge in [-0.2, -0.15) is 0 Å². The van der Waals surface area contributed by atoms with E-state index >= 15 is 0 Å². The maximum atomic E-state index is 13.1. The van der Waals surface area contributed by atoms with Crippen molar-refractivity contribution in [3.05, 3.63) is 35.1 Å². The smallest absolute Gasteiger partial charge is 0.166 e. The molecule has 0 bridgehead atoms. The van der Waals surface area contributed by atoms with Gasteiger partial charge in [-0.15, -0.1) is 0 Å². The van der Waals surface area contributed by atoms with Gasteiger partial charge in [-0.25, -0.2) is 4.39 Å². The first-order chi connectivity index (χ1) is 7.59. The van der Waals surface area contributed by atoms with Gasteiger partial charge in [0, 0.05) is 17.0 Å². The summed E-state index contributed by atoms with van der Waals surface area (Å²) in [5, 5.41) is 0. The third-order valence-electron chi connectivity index (χ3n) is 3.10. The number of benzene rings is 1. The third kappa shape index (κ3) is 1.90. The minimum Gasteiger partial charge on any atom is -0.294 e. The summed E-state index contributed by atoms with van der Waals surface area (Å²) in [5.74, 6) is -0.758. The van der Waals surface area contributed by atoms with E-state index in [4.69, 9.17) is 0 Å². The molecule has 0 amide bonds. The molecule has 1 aromatic rings. The second-order valence-corrected chi connectivity index (χ2v) is 4.24. The van der Waals surface area contributed by atoms with Crippen LogP contribution in [0.5, 0.6) is 0 Å². The zero-order valence-corrected chi connectivity index (χ0v) is 9.13. The summed E-state index contributed by atoms with van der Waals surface area (Å²) in [6, 6.07) is 3.79. The lowest BCUT2D eigenvalue weighted by molar-refractivity contribution is 0.0847. The number of hydrogen-bond donors (Lipinski definition) is 0. The average molecular weight is 220 g/mol. The average Bonchev–Trinajstić information content (AvgIpc) is 2.14. The van der Waals surface area contributed by atoms with Gasteiger partial charge in [0.25, 0.3) is 0 Å². The Bertz CT molecular complexity index is 447. The number of hydrogen-bond acceptors (Lipinski definition) is 2. The van der Waals surface area contributed by atoms with Crippen molar-refractivity contribution in [2.75, 3.05) is 0 Å². The molecule has 1 aliphatic carbocycles.